The van der Waals surface area contributed by atoms with Crippen LogP contribution in [0, 0.1) is 0 Å². The summed E-state index contributed by atoms with van der Waals surface area (Å²) < 4.78 is 13.7. The fraction of sp³-hybridized carbons (Fsp3) is 0.406. The molecule has 3 aromatic carbocycles. The fourth-order valence-electron chi connectivity index (χ4n) is 6.00. The average Bonchev–Trinajstić information content (AvgIpc) is 3.39. The zero-order valence-corrected chi connectivity index (χ0v) is 27.2. The minimum absolute atomic E-state index is 0.00236. The van der Waals surface area contributed by atoms with Gasteiger partial charge in [0.1, 0.15) is 11.5 Å². The van der Waals surface area contributed by atoms with E-state index in [-0.39, 0.29) is 18.0 Å². The van der Waals surface area contributed by atoms with Crippen LogP contribution in [0.5, 0.6) is 11.5 Å². The molecular weight excluding hydrogens is 648 g/mol. The molecule has 0 aliphatic carbocycles. The number of ether oxygens (including phenoxy) is 2. The number of nitrogens with zero attached hydrogens (tertiary/aromatic N) is 2. The molecule has 41 heavy (non-hydrogen) atoms. The number of rotatable bonds is 8. The van der Waals surface area contributed by atoms with Crippen molar-refractivity contribution < 1.29 is 14.3 Å². The maximum atomic E-state index is 14.9. The Morgan fingerprint density at radius 1 is 0.927 bits per heavy atom. The third kappa shape index (κ3) is 6.20. The first-order valence-corrected chi connectivity index (χ1v) is 15.7. The second kappa shape index (κ2) is 12.8. The first kappa shape index (κ1) is 30.0. The molecular formula is C32H38Br2N4O3. The van der Waals surface area contributed by atoms with Crippen molar-refractivity contribution in [2.24, 2.45) is 0 Å². The Morgan fingerprint density at radius 3 is 1.93 bits per heavy atom. The van der Waals surface area contributed by atoms with Crippen LogP contribution in [0.25, 0.3) is 0 Å². The molecule has 0 radical (unpaired) electrons. The van der Waals surface area contributed by atoms with E-state index in [0.29, 0.717) is 37.2 Å². The molecule has 2 aliphatic heterocycles. The number of halogens is 2. The van der Waals surface area contributed by atoms with E-state index in [2.05, 4.69) is 85.8 Å². The van der Waals surface area contributed by atoms with Gasteiger partial charge in [-0.05, 0) is 81.4 Å². The summed E-state index contributed by atoms with van der Waals surface area (Å²) in [6.07, 6.45) is 1.87. The highest BCUT2D eigenvalue weighted by Gasteiger charge is 2.54. The number of carbonyl (C=O) groups excluding carboxylic acids is 1. The molecule has 2 unspecified atom stereocenters. The summed E-state index contributed by atoms with van der Waals surface area (Å²) in [4.78, 5) is 19.1. The molecule has 2 N–H and O–H groups in total. The van der Waals surface area contributed by atoms with Crippen molar-refractivity contribution in [3.63, 3.8) is 0 Å². The van der Waals surface area contributed by atoms with Crippen molar-refractivity contribution >= 4 is 37.8 Å². The molecule has 2 fully saturated rings. The van der Waals surface area contributed by atoms with E-state index in [4.69, 9.17) is 9.47 Å². The van der Waals surface area contributed by atoms with Crippen LogP contribution in [0.4, 0.5) is 0 Å². The number of benzene rings is 3. The van der Waals surface area contributed by atoms with Gasteiger partial charge in [0, 0.05) is 39.7 Å². The van der Waals surface area contributed by atoms with E-state index >= 15 is 0 Å². The number of amides is 1. The van der Waals surface area contributed by atoms with Gasteiger partial charge >= 0.3 is 0 Å². The lowest BCUT2D eigenvalue weighted by Gasteiger charge is -2.41. The highest BCUT2D eigenvalue weighted by atomic mass is 79.9. The summed E-state index contributed by atoms with van der Waals surface area (Å²) in [7, 11) is 5.86. The molecule has 9 heteroatoms. The SMILES string of the molecule is CCOc1cc(OC)ccc1C1(C(=O)N2CCC(N(C)C)CC2)NC(c2ccc(Br)cc2)C(c2ccc(Br)cc2)N1. The van der Waals surface area contributed by atoms with E-state index in [9.17, 15) is 4.79 Å². The summed E-state index contributed by atoms with van der Waals surface area (Å²) in [5, 5.41) is 7.65. The van der Waals surface area contributed by atoms with E-state index < -0.39 is 5.66 Å². The lowest BCUT2D eigenvalue weighted by atomic mass is 9.94. The molecule has 0 spiro atoms. The number of hydrogen-bond donors (Lipinski definition) is 2. The lowest BCUT2D eigenvalue weighted by molar-refractivity contribution is -0.141. The summed E-state index contributed by atoms with van der Waals surface area (Å²) in [6, 6.07) is 22.4. The number of hydrogen-bond acceptors (Lipinski definition) is 6. The number of methoxy groups -OCH3 is 1. The molecule has 0 aromatic heterocycles. The Bertz CT molecular complexity index is 1290. The third-order valence-corrected chi connectivity index (χ3v) is 9.29. The highest BCUT2D eigenvalue weighted by molar-refractivity contribution is 9.10. The van der Waals surface area contributed by atoms with Crippen molar-refractivity contribution in [2.75, 3.05) is 40.9 Å². The molecule has 5 rings (SSSR count). The quantitative estimate of drug-likeness (QED) is 0.304. The summed E-state index contributed by atoms with van der Waals surface area (Å²) in [5.41, 5.74) is 1.70. The van der Waals surface area contributed by atoms with Crippen LogP contribution in [-0.2, 0) is 10.5 Å². The van der Waals surface area contributed by atoms with E-state index in [1.54, 1.807) is 7.11 Å². The molecule has 0 bridgehead atoms. The van der Waals surface area contributed by atoms with Gasteiger partial charge in [-0.2, -0.15) is 0 Å². The standard InChI is InChI=1S/C32H38Br2N4O3/c1-5-41-28-20-26(40-4)14-15-27(28)32(31(39)38-18-16-25(17-19-38)37(2)3)35-29(21-6-10-23(33)11-7-21)30(36-32)22-8-12-24(34)13-9-22/h6-15,20,25,29-30,35-36H,5,16-19H2,1-4H3. The number of nitrogens with one attached hydrogen (secondary N) is 2. The topological polar surface area (TPSA) is 66.1 Å². The number of likely N-dealkylation sites (tertiary alicyclic amines) is 1. The molecule has 7 nitrogen and oxygen atoms in total. The molecule has 2 saturated heterocycles. The molecule has 1 amide bonds. The van der Waals surface area contributed by atoms with Crippen molar-refractivity contribution in [3.8, 4) is 11.5 Å². The Kier molecular flexibility index (Phi) is 9.40. The lowest BCUT2D eigenvalue weighted by Crippen LogP contribution is -2.60. The van der Waals surface area contributed by atoms with Gasteiger partial charge in [0.2, 0.25) is 0 Å². The van der Waals surface area contributed by atoms with Gasteiger partial charge in [0.05, 0.1) is 25.8 Å². The molecule has 0 saturated carbocycles. The van der Waals surface area contributed by atoms with Crippen LogP contribution < -0.4 is 20.1 Å². The van der Waals surface area contributed by atoms with Gasteiger partial charge in [-0.3, -0.25) is 15.4 Å². The van der Waals surface area contributed by atoms with Gasteiger partial charge in [-0.1, -0.05) is 56.1 Å². The Morgan fingerprint density at radius 2 is 1.46 bits per heavy atom. The zero-order valence-electron chi connectivity index (χ0n) is 24.0. The predicted octanol–water partition coefficient (Wildman–Crippen LogP) is 6.00. The van der Waals surface area contributed by atoms with Gasteiger partial charge < -0.3 is 19.3 Å². The Hall–Kier alpha value is -2.43. The van der Waals surface area contributed by atoms with Crippen LogP contribution in [0.3, 0.4) is 0 Å². The van der Waals surface area contributed by atoms with Crippen LogP contribution in [0.15, 0.2) is 75.7 Å². The first-order valence-electron chi connectivity index (χ1n) is 14.1. The number of carbonyl (C=O) groups is 1. The molecule has 218 valence electrons. The van der Waals surface area contributed by atoms with E-state index in [0.717, 1.165) is 38.5 Å². The van der Waals surface area contributed by atoms with Crippen LogP contribution in [0.2, 0.25) is 0 Å². The minimum Gasteiger partial charge on any atom is -0.497 e. The predicted molar refractivity (Wildman–Crippen MR) is 169 cm³/mol. The highest BCUT2D eigenvalue weighted by Crippen LogP contribution is 2.45. The normalized spacial score (nSPS) is 23.1. The van der Waals surface area contributed by atoms with Crippen LogP contribution >= 0.6 is 31.9 Å². The van der Waals surface area contributed by atoms with Gasteiger partial charge in [-0.25, -0.2) is 0 Å². The molecule has 2 atom stereocenters. The minimum atomic E-state index is -1.22. The summed E-state index contributed by atoms with van der Waals surface area (Å²) in [5.74, 6) is 1.30. The maximum absolute atomic E-state index is 14.9. The maximum Gasteiger partial charge on any atom is 0.262 e. The summed E-state index contributed by atoms with van der Waals surface area (Å²) >= 11 is 7.16. The van der Waals surface area contributed by atoms with Crippen molar-refractivity contribution in [1.29, 1.82) is 0 Å². The van der Waals surface area contributed by atoms with Crippen molar-refractivity contribution in [2.45, 2.75) is 43.6 Å². The van der Waals surface area contributed by atoms with Gasteiger partial charge in [-0.15, -0.1) is 0 Å². The van der Waals surface area contributed by atoms with Crippen LogP contribution in [0.1, 0.15) is 48.5 Å². The fourth-order valence-corrected chi connectivity index (χ4v) is 6.53. The molecule has 2 aliphatic rings. The second-order valence-electron chi connectivity index (χ2n) is 10.9. The third-order valence-electron chi connectivity index (χ3n) is 8.23. The van der Waals surface area contributed by atoms with Gasteiger partial charge in [0.25, 0.3) is 5.91 Å². The Balaban J connectivity index is 1.64. The van der Waals surface area contributed by atoms with Gasteiger partial charge in [0.15, 0.2) is 5.66 Å². The smallest absolute Gasteiger partial charge is 0.262 e. The van der Waals surface area contributed by atoms with Crippen molar-refractivity contribution in [3.05, 3.63) is 92.4 Å². The van der Waals surface area contributed by atoms with Crippen LogP contribution in [-0.4, -0.2) is 62.7 Å². The van der Waals surface area contributed by atoms with E-state index in [1.165, 1.54) is 0 Å². The zero-order chi connectivity index (χ0) is 29.1. The number of piperidine rings is 1. The largest absolute Gasteiger partial charge is 0.497 e. The monoisotopic (exact) mass is 684 g/mol. The summed E-state index contributed by atoms with van der Waals surface area (Å²) in [6.45, 7) is 3.80. The molecule has 3 aromatic rings. The average molecular weight is 686 g/mol. The first-order chi connectivity index (χ1) is 19.8. The molecule has 2 heterocycles. The second-order valence-corrected chi connectivity index (χ2v) is 12.7. The van der Waals surface area contributed by atoms with Crippen molar-refractivity contribution in [1.82, 2.24) is 20.4 Å². The Labute approximate surface area is 259 Å². The van der Waals surface area contributed by atoms with E-state index in [1.807, 2.05) is 54.3 Å².